The quantitative estimate of drug-likeness (QED) is 0.506. The van der Waals surface area contributed by atoms with Crippen LogP contribution in [0.4, 0.5) is 11.4 Å². The largest absolute Gasteiger partial charge is 0.478 e. The fourth-order valence-corrected chi connectivity index (χ4v) is 3.56. The van der Waals surface area contributed by atoms with Gasteiger partial charge in [-0.25, -0.2) is 4.79 Å². The summed E-state index contributed by atoms with van der Waals surface area (Å²) < 4.78 is 0. The van der Waals surface area contributed by atoms with Crippen molar-refractivity contribution in [2.24, 2.45) is 0 Å². The van der Waals surface area contributed by atoms with Crippen LogP contribution in [0.5, 0.6) is 0 Å². The van der Waals surface area contributed by atoms with E-state index in [9.17, 15) is 24.8 Å². The second kappa shape index (κ2) is 9.42. The van der Waals surface area contributed by atoms with E-state index in [0.717, 1.165) is 30.0 Å². The maximum atomic E-state index is 13.3. The Morgan fingerprint density at radius 3 is 2.48 bits per heavy atom. The molecule has 1 heterocycles. The predicted molar refractivity (Wildman–Crippen MR) is 117 cm³/mol. The maximum Gasteiger partial charge on any atom is 0.335 e. The zero-order valence-electron chi connectivity index (χ0n) is 17.5. The Hall–Kier alpha value is -3.68. The zero-order valence-corrected chi connectivity index (χ0v) is 17.5. The van der Waals surface area contributed by atoms with Gasteiger partial charge >= 0.3 is 5.97 Å². The molecular formula is C23H25N3O5. The average Bonchev–Trinajstić information content (AvgIpc) is 2.75. The number of hydrogen-bond acceptors (Lipinski definition) is 5. The summed E-state index contributed by atoms with van der Waals surface area (Å²) in [6, 6.07) is 10.9. The Balaban J connectivity index is 2.04. The minimum Gasteiger partial charge on any atom is -0.478 e. The topological polar surface area (TPSA) is 104 Å². The number of unbranched alkanes of at least 4 members (excludes halogenated alkanes) is 1. The van der Waals surface area contributed by atoms with Gasteiger partial charge in [-0.1, -0.05) is 43.2 Å². The smallest absolute Gasteiger partial charge is 0.335 e. The standard InChI is InChI=1S/C23H25N3O5/c1-3-4-11-24-12-13-25(19-10-9-18(23(28)29)15-20(19)26(30)31)21(22(24)27)14-17-7-5-16(2)6-8-17/h5-10,12-13,15,21H,3-4,11,14H2,1-2H3,(H,28,29)/t21-/m0/s1. The minimum absolute atomic E-state index is 0.145. The van der Waals surface area contributed by atoms with Crippen molar-refractivity contribution in [2.75, 3.05) is 11.4 Å². The lowest BCUT2D eigenvalue weighted by atomic mass is 10.00. The summed E-state index contributed by atoms with van der Waals surface area (Å²) in [6.45, 7) is 4.59. The van der Waals surface area contributed by atoms with Gasteiger partial charge in [-0.3, -0.25) is 14.9 Å². The lowest BCUT2D eigenvalue weighted by Crippen LogP contribution is -2.50. The van der Waals surface area contributed by atoms with Gasteiger partial charge in [0.25, 0.3) is 5.69 Å². The third-order valence-corrected chi connectivity index (χ3v) is 5.31. The number of carboxylic acids is 1. The van der Waals surface area contributed by atoms with E-state index in [2.05, 4.69) is 0 Å². The monoisotopic (exact) mass is 423 g/mol. The summed E-state index contributed by atoms with van der Waals surface area (Å²) in [5.41, 5.74) is 1.69. The van der Waals surface area contributed by atoms with E-state index < -0.39 is 16.9 Å². The van der Waals surface area contributed by atoms with Crippen LogP contribution in [-0.2, 0) is 11.2 Å². The number of amides is 1. The van der Waals surface area contributed by atoms with E-state index >= 15 is 0 Å². The average molecular weight is 423 g/mol. The van der Waals surface area contributed by atoms with Crippen LogP contribution in [0.25, 0.3) is 0 Å². The number of anilines is 1. The molecule has 0 saturated carbocycles. The van der Waals surface area contributed by atoms with Gasteiger partial charge in [0.05, 0.1) is 10.5 Å². The van der Waals surface area contributed by atoms with Gasteiger partial charge in [0.1, 0.15) is 11.7 Å². The molecule has 0 fully saturated rings. The van der Waals surface area contributed by atoms with Crippen LogP contribution in [0.15, 0.2) is 54.9 Å². The molecule has 0 aromatic heterocycles. The number of carbonyl (C=O) groups is 2. The van der Waals surface area contributed by atoms with Crippen molar-refractivity contribution in [1.82, 2.24) is 4.90 Å². The van der Waals surface area contributed by atoms with E-state index in [-0.39, 0.29) is 22.8 Å². The molecular weight excluding hydrogens is 398 g/mol. The van der Waals surface area contributed by atoms with Gasteiger partial charge in [-0.15, -0.1) is 0 Å². The van der Waals surface area contributed by atoms with E-state index in [4.69, 9.17) is 0 Å². The van der Waals surface area contributed by atoms with Crippen LogP contribution in [0, 0.1) is 17.0 Å². The number of rotatable bonds is 8. The molecule has 0 radical (unpaired) electrons. The van der Waals surface area contributed by atoms with Crippen molar-refractivity contribution < 1.29 is 19.6 Å². The second-order valence-electron chi connectivity index (χ2n) is 7.56. The van der Waals surface area contributed by atoms with Gasteiger partial charge in [-0.2, -0.15) is 0 Å². The first kappa shape index (κ1) is 22.0. The summed E-state index contributed by atoms with van der Waals surface area (Å²) >= 11 is 0. The van der Waals surface area contributed by atoms with Crippen LogP contribution < -0.4 is 4.90 Å². The van der Waals surface area contributed by atoms with Crippen LogP contribution in [0.2, 0.25) is 0 Å². The molecule has 8 heteroatoms. The first-order valence-corrected chi connectivity index (χ1v) is 10.2. The molecule has 0 unspecified atom stereocenters. The predicted octanol–water partition coefficient (Wildman–Crippen LogP) is 4.13. The van der Waals surface area contributed by atoms with Gasteiger partial charge in [0.2, 0.25) is 5.91 Å². The van der Waals surface area contributed by atoms with Crippen LogP contribution in [0.1, 0.15) is 41.3 Å². The SMILES string of the molecule is CCCCN1C=CN(c2ccc(C(=O)O)cc2[N+](=O)[O-])[C@@H](Cc2ccc(C)cc2)C1=O. The number of nitro groups is 1. The Labute approximate surface area is 180 Å². The van der Waals surface area contributed by atoms with Crippen molar-refractivity contribution in [3.05, 3.63) is 81.7 Å². The Morgan fingerprint density at radius 1 is 1.16 bits per heavy atom. The Morgan fingerprint density at radius 2 is 1.87 bits per heavy atom. The molecule has 8 nitrogen and oxygen atoms in total. The lowest BCUT2D eigenvalue weighted by Gasteiger charge is -2.37. The second-order valence-corrected chi connectivity index (χ2v) is 7.56. The number of aromatic carboxylic acids is 1. The molecule has 1 amide bonds. The summed E-state index contributed by atoms with van der Waals surface area (Å²) in [6.07, 6.45) is 5.45. The summed E-state index contributed by atoms with van der Waals surface area (Å²) in [4.78, 5) is 38.9. The van der Waals surface area contributed by atoms with E-state index in [1.54, 1.807) is 22.2 Å². The highest BCUT2D eigenvalue weighted by Gasteiger charge is 2.35. The number of aryl methyl sites for hydroxylation is 1. The van der Waals surface area contributed by atoms with Crippen molar-refractivity contribution in [3.63, 3.8) is 0 Å². The van der Waals surface area contributed by atoms with E-state index in [1.165, 1.54) is 12.1 Å². The number of carboxylic acid groups (broad SMARTS) is 1. The van der Waals surface area contributed by atoms with E-state index in [1.807, 2.05) is 38.1 Å². The van der Waals surface area contributed by atoms with Crippen molar-refractivity contribution >= 4 is 23.3 Å². The highest BCUT2D eigenvalue weighted by Crippen LogP contribution is 2.34. The van der Waals surface area contributed by atoms with Crippen LogP contribution in [0.3, 0.4) is 0 Å². The van der Waals surface area contributed by atoms with Gasteiger partial charge in [0.15, 0.2) is 0 Å². The molecule has 0 saturated heterocycles. The molecule has 1 aliphatic heterocycles. The molecule has 2 aromatic carbocycles. The zero-order chi connectivity index (χ0) is 22.5. The summed E-state index contributed by atoms with van der Waals surface area (Å²) in [5, 5.41) is 20.9. The number of nitrogens with zero attached hydrogens (tertiary/aromatic N) is 3. The van der Waals surface area contributed by atoms with Crippen molar-refractivity contribution in [3.8, 4) is 0 Å². The first-order chi connectivity index (χ1) is 14.8. The molecule has 0 aliphatic carbocycles. The summed E-state index contributed by atoms with van der Waals surface area (Å²) in [7, 11) is 0. The molecule has 0 spiro atoms. The Kier molecular flexibility index (Phi) is 6.69. The third kappa shape index (κ3) is 4.91. The van der Waals surface area contributed by atoms with Gasteiger partial charge in [0, 0.05) is 31.4 Å². The number of benzene rings is 2. The molecule has 0 bridgehead atoms. The number of hydrogen-bond donors (Lipinski definition) is 1. The number of carbonyl (C=O) groups excluding carboxylic acids is 1. The van der Waals surface area contributed by atoms with Crippen LogP contribution in [-0.4, -0.2) is 39.4 Å². The van der Waals surface area contributed by atoms with Gasteiger partial charge in [-0.05, 0) is 31.0 Å². The fourth-order valence-electron chi connectivity index (χ4n) is 3.56. The van der Waals surface area contributed by atoms with E-state index in [0.29, 0.717) is 13.0 Å². The minimum atomic E-state index is -1.25. The molecule has 3 rings (SSSR count). The maximum absolute atomic E-state index is 13.3. The van der Waals surface area contributed by atoms with Crippen LogP contribution >= 0.6 is 0 Å². The molecule has 1 aliphatic rings. The molecule has 162 valence electrons. The molecule has 1 N–H and O–H groups in total. The van der Waals surface area contributed by atoms with Crippen molar-refractivity contribution in [1.29, 1.82) is 0 Å². The molecule has 1 atom stereocenters. The first-order valence-electron chi connectivity index (χ1n) is 10.2. The molecule has 31 heavy (non-hydrogen) atoms. The lowest BCUT2D eigenvalue weighted by molar-refractivity contribution is -0.384. The third-order valence-electron chi connectivity index (χ3n) is 5.31. The summed E-state index contributed by atoms with van der Waals surface area (Å²) in [5.74, 6) is -1.39. The van der Waals surface area contributed by atoms with Gasteiger partial charge < -0.3 is 14.9 Å². The Bertz CT molecular complexity index is 1020. The fraction of sp³-hybridized carbons (Fsp3) is 0.304. The molecule has 2 aromatic rings. The van der Waals surface area contributed by atoms with Crippen molar-refractivity contribution in [2.45, 2.75) is 39.2 Å². The highest BCUT2D eigenvalue weighted by molar-refractivity contribution is 5.92. The normalized spacial score (nSPS) is 15.9. The highest BCUT2D eigenvalue weighted by atomic mass is 16.6. The number of nitro benzene ring substituents is 1.